The number of carbonyl (C=O) groups is 2. The molecule has 8 nitrogen and oxygen atoms in total. The molecule has 0 atom stereocenters. The molecule has 0 aliphatic carbocycles. The standard InChI is InChI=1S/C18H15N3O5/c1-12-5-7-14(8-6-12)16(22)10-17(23)18(24)20-19-11-13-3-2-4-15(9-13)21(25)26/h2-11,22H,1H3,(H,20,24)/b16-10?,19-11+. The molecule has 0 aliphatic heterocycles. The number of hydrazone groups is 1. The van der Waals surface area contributed by atoms with E-state index in [0.29, 0.717) is 11.1 Å². The van der Waals surface area contributed by atoms with Crippen LogP contribution in [0.25, 0.3) is 5.76 Å². The minimum Gasteiger partial charge on any atom is -0.507 e. The van der Waals surface area contributed by atoms with Crippen LogP contribution in [0.3, 0.4) is 0 Å². The predicted octanol–water partition coefficient (Wildman–Crippen LogP) is 2.52. The van der Waals surface area contributed by atoms with E-state index in [0.717, 1.165) is 11.6 Å². The number of nitro benzene ring substituents is 1. The summed E-state index contributed by atoms with van der Waals surface area (Å²) in [7, 11) is 0. The Kier molecular flexibility index (Phi) is 5.94. The number of carbonyl (C=O) groups excluding carboxylic acids is 2. The first-order valence-corrected chi connectivity index (χ1v) is 7.46. The van der Waals surface area contributed by atoms with Crippen LogP contribution in [0.4, 0.5) is 5.69 Å². The number of nitro groups is 1. The first-order valence-electron chi connectivity index (χ1n) is 7.46. The minimum absolute atomic E-state index is 0.123. The SMILES string of the molecule is Cc1ccc(C(O)=CC(=O)C(=O)N/N=C/c2cccc([N+](=O)[O-])c2)cc1. The van der Waals surface area contributed by atoms with Crippen LogP contribution in [0.15, 0.2) is 59.7 Å². The second-order valence-electron chi connectivity index (χ2n) is 5.31. The minimum atomic E-state index is -1.05. The van der Waals surface area contributed by atoms with E-state index in [2.05, 4.69) is 5.10 Å². The number of nitrogens with zero attached hydrogens (tertiary/aromatic N) is 2. The number of non-ortho nitro benzene ring substituents is 1. The quantitative estimate of drug-likeness (QED) is 0.206. The molecule has 0 aliphatic rings. The highest BCUT2D eigenvalue weighted by atomic mass is 16.6. The molecule has 0 saturated heterocycles. The van der Waals surface area contributed by atoms with Gasteiger partial charge in [-0.2, -0.15) is 5.10 Å². The van der Waals surface area contributed by atoms with Gasteiger partial charge in [-0.1, -0.05) is 42.0 Å². The zero-order valence-electron chi connectivity index (χ0n) is 13.7. The van der Waals surface area contributed by atoms with Crippen LogP contribution < -0.4 is 5.43 Å². The third-order valence-electron chi connectivity index (χ3n) is 3.30. The van der Waals surface area contributed by atoms with Crippen LogP contribution in [0.5, 0.6) is 0 Å². The van der Waals surface area contributed by atoms with Gasteiger partial charge in [0, 0.05) is 29.3 Å². The molecule has 0 bridgehead atoms. The van der Waals surface area contributed by atoms with Gasteiger partial charge in [-0.05, 0) is 6.92 Å². The summed E-state index contributed by atoms with van der Waals surface area (Å²) in [5.41, 5.74) is 3.64. The van der Waals surface area contributed by atoms with Crippen LogP contribution in [0.2, 0.25) is 0 Å². The van der Waals surface area contributed by atoms with Gasteiger partial charge < -0.3 is 5.11 Å². The second-order valence-corrected chi connectivity index (χ2v) is 5.31. The van der Waals surface area contributed by atoms with Crippen LogP contribution in [-0.4, -0.2) is 27.9 Å². The number of nitrogens with one attached hydrogen (secondary N) is 1. The summed E-state index contributed by atoms with van der Waals surface area (Å²) in [4.78, 5) is 33.6. The van der Waals surface area contributed by atoms with E-state index in [4.69, 9.17) is 0 Å². The van der Waals surface area contributed by atoms with Crippen molar-refractivity contribution in [3.05, 3.63) is 81.4 Å². The van der Waals surface area contributed by atoms with E-state index >= 15 is 0 Å². The summed E-state index contributed by atoms with van der Waals surface area (Å²) in [6, 6.07) is 12.3. The number of benzene rings is 2. The first kappa shape index (κ1) is 18.5. The Balaban J connectivity index is 1.99. The Bertz CT molecular complexity index is 901. The monoisotopic (exact) mass is 353 g/mol. The van der Waals surface area contributed by atoms with Crippen molar-refractivity contribution in [3.8, 4) is 0 Å². The Hall–Kier alpha value is -3.81. The molecule has 0 fully saturated rings. The van der Waals surface area contributed by atoms with Gasteiger partial charge in [-0.15, -0.1) is 0 Å². The van der Waals surface area contributed by atoms with Gasteiger partial charge in [0.25, 0.3) is 5.69 Å². The largest absolute Gasteiger partial charge is 0.507 e. The van der Waals surface area contributed by atoms with Crippen molar-refractivity contribution in [2.24, 2.45) is 5.10 Å². The van der Waals surface area contributed by atoms with Crippen molar-refractivity contribution in [1.82, 2.24) is 5.43 Å². The lowest BCUT2D eigenvalue weighted by Gasteiger charge is -2.01. The maximum absolute atomic E-state index is 11.8. The van der Waals surface area contributed by atoms with Gasteiger partial charge in [0.2, 0.25) is 5.78 Å². The van der Waals surface area contributed by atoms with E-state index in [1.165, 1.54) is 24.4 Å². The number of aliphatic hydroxyl groups is 1. The van der Waals surface area contributed by atoms with Crippen LogP contribution in [0.1, 0.15) is 16.7 Å². The Morgan fingerprint density at radius 3 is 2.54 bits per heavy atom. The van der Waals surface area contributed by atoms with E-state index in [9.17, 15) is 24.8 Å². The lowest BCUT2D eigenvalue weighted by molar-refractivity contribution is -0.384. The highest BCUT2D eigenvalue weighted by Crippen LogP contribution is 2.12. The van der Waals surface area contributed by atoms with Crippen molar-refractivity contribution < 1.29 is 19.6 Å². The molecule has 0 aromatic heterocycles. The number of rotatable bonds is 6. The number of ketones is 1. The second kappa shape index (κ2) is 8.34. The summed E-state index contributed by atoms with van der Waals surface area (Å²) < 4.78 is 0. The molecule has 0 heterocycles. The maximum atomic E-state index is 11.8. The van der Waals surface area contributed by atoms with Crippen LogP contribution in [-0.2, 0) is 9.59 Å². The van der Waals surface area contributed by atoms with E-state index in [-0.39, 0.29) is 11.4 Å². The molecule has 0 unspecified atom stereocenters. The zero-order chi connectivity index (χ0) is 19.1. The third-order valence-corrected chi connectivity index (χ3v) is 3.30. The van der Waals surface area contributed by atoms with Crippen LogP contribution in [0, 0.1) is 17.0 Å². The predicted molar refractivity (Wildman–Crippen MR) is 95.6 cm³/mol. The fourth-order valence-electron chi connectivity index (χ4n) is 1.94. The molecule has 2 aromatic rings. The number of amides is 1. The van der Waals surface area contributed by atoms with Gasteiger partial charge in [-0.3, -0.25) is 19.7 Å². The molecular formula is C18H15N3O5. The fraction of sp³-hybridized carbons (Fsp3) is 0.0556. The number of aliphatic hydroxyl groups excluding tert-OH is 1. The van der Waals surface area contributed by atoms with Crippen molar-refractivity contribution >= 4 is 29.4 Å². The topological polar surface area (TPSA) is 122 Å². The zero-order valence-corrected chi connectivity index (χ0v) is 13.7. The van der Waals surface area contributed by atoms with E-state index in [1.54, 1.807) is 30.3 Å². The van der Waals surface area contributed by atoms with Gasteiger partial charge in [0.05, 0.1) is 11.1 Å². The maximum Gasteiger partial charge on any atom is 0.311 e. The molecule has 0 saturated carbocycles. The fourth-order valence-corrected chi connectivity index (χ4v) is 1.94. The molecule has 8 heteroatoms. The summed E-state index contributed by atoms with van der Waals surface area (Å²) in [5, 5.41) is 24.1. The molecule has 2 N–H and O–H groups in total. The third kappa shape index (κ3) is 5.10. The van der Waals surface area contributed by atoms with Gasteiger partial charge in [-0.25, -0.2) is 5.43 Å². The van der Waals surface area contributed by atoms with Gasteiger partial charge >= 0.3 is 5.91 Å². The molecule has 2 rings (SSSR count). The Morgan fingerprint density at radius 1 is 1.19 bits per heavy atom. The molecule has 26 heavy (non-hydrogen) atoms. The van der Waals surface area contributed by atoms with Crippen molar-refractivity contribution in [2.45, 2.75) is 6.92 Å². The van der Waals surface area contributed by atoms with Crippen molar-refractivity contribution in [3.63, 3.8) is 0 Å². The van der Waals surface area contributed by atoms with E-state index < -0.39 is 16.6 Å². The number of aryl methyl sites for hydroxylation is 1. The van der Waals surface area contributed by atoms with Crippen molar-refractivity contribution in [2.75, 3.05) is 0 Å². The lowest BCUT2D eigenvalue weighted by atomic mass is 10.1. The van der Waals surface area contributed by atoms with Gasteiger partial charge in [0.1, 0.15) is 5.76 Å². The number of hydrogen-bond acceptors (Lipinski definition) is 6. The summed E-state index contributed by atoms with van der Waals surface area (Å²) in [6.07, 6.45) is 1.96. The molecular weight excluding hydrogens is 338 g/mol. The smallest absolute Gasteiger partial charge is 0.311 e. The molecule has 132 valence electrons. The lowest BCUT2D eigenvalue weighted by Crippen LogP contribution is -2.25. The van der Waals surface area contributed by atoms with Gasteiger partial charge in [0.15, 0.2) is 0 Å². The summed E-state index contributed by atoms with van der Waals surface area (Å²) in [5.74, 6) is -2.38. The molecule has 1 amide bonds. The highest BCUT2D eigenvalue weighted by molar-refractivity contribution is 6.41. The summed E-state index contributed by atoms with van der Waals surface area (Å²) in [6.45, 7) is 1.88. The average Bonchev–Trinajstić information content (AvgIpc) is 2.62. The molecule has 0 radical (unpaired) electrons. The van der Waals surface area contributed by atoms with Crippen molar-refractivity contribution in [1.29, 1.82) is 0 Å². The molecule has 2 aromatic carbocycles. The average molecular weight is 353 g/mol. The molecule has 0 spiro atoms. The highest BCUT2D eigenvalue weighted by Gasteiger charge is 2.12. The Labute approximate surface area is 148 Å². The number of hydrogen-bond donors (Lipinski definition) is 2. The first-order chi connectivity index (χ1) is 12.4. The Morgan fingerprint density at radius 2 is 1.88 bits per heavy atom. The summed E-state index contributed by atoms with van der Waals surface area (Å²) >= 11 is 0. The normalized spacial score (nSPS) is 11.3. The van der Waals surface area contributed by atoms with E-state index in [1.807, 2.05) is 12.3 Å². The van der Waals surface area contributed by atoms with Crippen LogP contribution >= 0.6 is 0 Å².